The Balaban J connectivity index is 1.38. The first-order valence-corrected chi connectivity index (χ1v) is 11.5. The van der Waals surface area contributed by atoms with Crippen LogP contribution >= 0.6 is 0 Å². The molecule has 3 aromatic heterocycles. The highest BCUT2D eigenvalue weighted by atomic mass is 19.1. The zero-order chi connectivity index (χ0) is 25.5. The lowest BCUT2D eigenvalue weighted by Gasteiger charge is -2.10. The number of hydrogen-bond acceptors (Lipinski definition) is 6. The molecule has 4 aromatic rings. The lowest BCUT2D eigenvalue weighted by atomic mass is 10.2. The second-order valence-corrected chi connectivity index (χ2v) is 8.41. The van der Waals surface area contributed by atoms with E-state index >= 15 is 0 Å². The van der Waals surface area contributed by atoms with Crippen LogP contribution in [0.25, 0.3) is 10.9 Å². The van der Waals surface area contributed by atoms with E-state index in [9.17, 15) is 14.0 Å². The average Bonchev–Trinajstić information content (AvgIpc) is 3.26. The minimum atomic E-state index is -0.284. The second-order valence-electron chi connectivity index (χ2n) is 8.41. The number of amides is 2. The summed E-state index contributed by atoms with van der Waals surface area (Å²) in [4.78, 5) is 32.0. The smallest absolute Gasteiger partial charge is 0.226 e. The Bertz CT molecular complexity index is 1370. The number of carbonyl (C=O) groups is 2. The van der Waals surface area contributed by atoms with Gasteiger partial charge in [-0.15, -0.1) is 0 Å². The van der Waals surface area contributed by atoms with Crippen LogP contribution < -0.4 is 15.4 Å². The van der Waals surface area contributed by atoms with Gasteiger partial charge in [0.15, 0.2) is 0 Å². The summed E-state index contributed by atoms with van der Waals surface area (Å²) < 4.78 is 20.7. The number of benzene rings is 1. The molecule has 0 aliphatic carbocycles. The summed E-state index contributed by atoms with van der Waals surface area (Å²) in [6.45, 7) is 4.87. The second kappa shape index (κ2) is 11.4. The SMILES string of the molecule is CC(=O)NCCNC(=O)Cc1nccc2nn(Cc3cnc(OCc4ccc(F)cc4)c(C)c3)cc12. The molecule has 10 heteroatoms. The van der Waals surface area contributed by atoms with Gasteiger partial charge >= 0.3 is 0 Å². The molecule has 0 fully saturated rings. The van der Waals surface area contributed by atoms with Gasteiger partial charge in [0.2, 0.25) is 17.7 Å². The van der Waals surface area contributed by atoms with Crippen molar-refractivity contribution in [3.63, 3.8) is 0 Å². The van der Waals surface area contributed by atoms with E-state index in [0.29, 0.717) is 37.8 Å². The standard InChI is InChI=1S/C26H27FN6O3/c1-17-11-20(13-31-26(17)36-16-19-3-5-21(27)6-4-19)14-33-15-22-23(32-33)7-8-29-24(22)12-25(35)30-10-9-28-18(2)34/h3-8,11,13,15H,9-10,12,14,16H2,1-2H3,(H,28,34)(H,30,35). The number of carbonyl (C=O) groups excluding carboxylic acids is 2. The number of hydrogen-bond donors (Lipinski definition) is 2. The lowest BCUT2D eigenvalue weighted by molar-refractivity contribution is -0.121. The highest BCUT2D eigenvalue weighted by Gasteiger charge is 2.12. The van der Waals surface area contributed by atoms with Gasteiger partial charge in [0.1, 0.15) is 12.4 Å². The number of nitrogens with one attached hydrogen (secondary N) is 2. The normalized spacial score (nSPS) is 10.9. The lowest BCUT2D eigenvalue weighted by Crippen LogP contribution is -2.34. The molecule has 0 bridgehead atoms. The highest BCUT2D eigenvalue weighted by Crippen LogP contribution is 2.20. The monoisotopic (exact) mass is 490 g/mol. The molecule has 186 valence electrons. The van der Waals surface area contributed by atoms with Gasteiger partial charge in [-0.3, -0.25) is 19.3 Å². The summed E-state index contributed by atoms with van der Waals surface area (Å²) in [6.07, 6.45) is 5.36. The Morgan fingerprint density at radius 1 is 1.06 bits per heavy atom. The van der Waals surface area contributed by atoms with Crippen molar-refractivity contribution in [2.45, 2.75) is 33.4 Å². The van der Waals surface area contributed by atoms with Gasteiger partial charge in [0.25, 0.3) is 0 Å². The molecule has 3 heterocycles. The van der Waals surface area contributed by atoms with Crippen LogP contribution in [-0.2, 0) is 29.2 Å². The Morgan fingerprint density at radius 3 is 2.58 bits per heavy atom. The summed E-state index contributed by atoms with van der Waals surface area (Å²) in [6, 6.07) is 9.95. The molecule has 4 rings (SSSR count). The molecule has 0 atom stereocenters. The molecule has 0 aliphatic rings. The molecule has 1 aromatic carbocycles. The number of aryl methyl sites for hydroxylation is 1. The first kappa shape index (κ1) is 24.8. The molecular weight excluding hydrogens is 463 g/mol. The number of aromatic nitrogens is 4. The molecule has 0 unspecified atom stereocenters. The predicted octanol–water partition coefficient (Wildman–Crippen LogP) is 2.70. The van der Waals surface area contributed by atoms with Gasteiger partial charge in [-0.1, -0.05) is 12.1 Å². The first-order valence-electron chi connectivity index (χ1n) is 11.5. The third kappa shape index (κ3) is 6.62. The van der Waals surface area contributed by atoms with Crippen LogP contribution in [0.3, 0.4) is 0 Å². The number of pyridine rings is 2. The molecular formula is C26H27FN6O3. The topological polar surface area (TPSA) is 111 Å². The van der Waals surface area contributed by atoms with Crippen molar-refractivity contribution >= 4 is 22.7 Å². The largest absolute Gasteiger partial charge is 0.473 e. The summed E-state index contributed by atoms with van der Waals surface area (Å²) in [5.74, 6) is -0.0805. The van der Waals surface area contributed by atoms with E-state index < -0.39 is 0 Å². The summed E-state index contributed by atoms with van der Waals surface area (Å²) >= 11 is 0. The van der Waals surface area contributed by atoms with Crippen LogP contribution in [0.4, 0.5) is 4.39 Å². The van der Waals surface area contributed by atoms with Gasteiger partial charge in [-0.2, -0.15) is 5.10 Å². The molecule has 0 spiro atoms. The molecule has 0 saturated carbocycles. The molecule has 2 amide bonds. The summed E-state index contributed by atoms with van der Waals surface area (Å²) in [7, 11) is 0. The van der Waals surface area contributed by atoms with Gasteiger partial charge in [0, 0.05) is 49.6 Å². The number of ether oxygens (including phenoxy) is 1. The van der Waals surface area contributed by atoms with Crippen LogP contribution in [0.15, 0.2) is 55.0 Å². The fourth-order valence-corrected chi connectivity index (χ4v) is 3.70. The van der Waals surface area contributed by atoms with E-state index in [1.807, 2.05) is 19.2 Å². The minimum absolute atomic E-state index is 0.115. The van der Waals surface area contributed by atoms with Crippen molar-refractivity contribution in [3.8, 4) is 5.88 Å². The van der Waals surface area contributed by atoms with Crippen molar-refractivity contribution in [2.75, 3.05) is 13.1 Å². The van der Waals surface area contributed by atoms with Crippen LogP contribution in [-0.4, -0.2) is 44.7 Å². The third-order valence-electron chi connectivity index (χ3n) is 5.43. The molecule has 0 radical (unpaired) electrons. The first-order chi connectivity index (χ1) is 17.4. The van der Waals surface area contributed by atoms with E-state index in [2.05, 4.69) is 25.7 Å². The molecule has 0 saturated heterocycles. The minimum Gasteiger partial charge on any atom is -0.473 e. The molecule has 2 N–H and O–H groups in total. The van der Waals surface area contributed by atoms with Crippen molar-refractivity contribution in [2.24, 2.45) is 0 Å². The van der Waals surface area contributed by atoms with Crippen LogP contribution in [0.5, 0.6) is 5.88 Å². The van der Waals surface area contributed by atoms with Crippen LogP contribution in [0.1, 0.15) is 29.3 Å². The van der Waals surface area contributed by atoms with E-state index in [-0.39, 0.29) is 24.1 Å². The zero-order valence-corrected chi connectivity index (χ0v) is 20.1. The van der Waals surface area contributed by atoms with Gasteiger partial charge < -0.3 is 15.4 Å². The van der Waals surface area contributed by atoms with Crippen LogP contribution in [0.2, 0.25) is 0 Å². The van der Waals surface area contributed by atoms with E-state index in [1.165, 1.54) is 19.1 Å². The number of halogens is 1. The Labute approximate surface area is 207 Å². The van der Waals surface area contributed by atoms with Crippen molar-refractivity contribution in [3.05, 3.63) is 83.2 Å². The van der Waals surface area contributed by atoms with E-state index in [0.717, 1.165) is 27.6 Å². The Morgan fingerprint density at radius 2 is 1.83 bits per heavy atom. The maximum Gasteiger partial charge on any atom is 0.226 e. The fraction of sp³-hybridized carbons (Fsp3) is 0.269. The maximum atomic E-state index is 13.1. The average molecular weight is 491 g/mol. The van der Waals surface area contributed by atoms with Gasteiger partial charge in [0.05, 0.1) is 24.2 Å². The summed E-state index contributed by atoms with van der Waals surface area (Å²) in [5, 5.41) is 10.8. The van der Waals surface area contributed by atoms with E-state index in [1.54, 1.807) is 35.3 Å². The predicted molar refractivity (Wildman–Crippen MR) is 132 cm³/mol. The van der Waals surface area contributed by atoms with Crippen LogP contribution in [0, 0.1) is 12.7 Å². The van der Waals surface area contributed by atoms with E-state index in [4.69, 9.17) is 4.74 Å². The zero-order valence-electron chi connectivity index (χ0n) is 20.1. The quantitative estimate of drug-likeness (QED) is 0.331. The van der Waals surface area contributed by atoms with Crippen molar-refractivity contribution in [1.82, 2.24) is 30.4 Å². The van der Waals surface area contributed by atoms with Crippen molar-refractivity contribution < 1.29 is 18.7 Å². The summed E-state index contributed by atoms with van der Waals surface area (Å²) in [5.41, 5.74) is 4.06. The molecule has 36 heavy (non-hydrogen) atoms. The Hall–Kier alpha value is -4.34. The maximum absolute atomic E-state index is 13.1. The highest BCUT2D eigenvalue weighted by molar-refractivity contribution is 5.86. The fourth-order valence-electron chi connectivity index (χ4n) is 3.70. The number of fused-ring (bicyclic) bond motifs is 1. The van der Waals surface area contributed by atoms with Gasteiger partial charge in [-0.25, -0.2) is 9.37 Å². The van der Waals surface area contributed by atoms with Crippen molar-refractivity contribution in [1.29, 1.82) is 0 Å². The molecule has 9 nitrogen and oxygen atoms in total. The third-order valence-corrected chi connectivity index (χ3v) is 5.43. The Kier molecular flexibility index (Phi) is 7.84. The van der Waals surface area contributed by atoms with Gasteiger partial charge in [-0.05, 0) is 42.3 Å². The number of rotatable bonds is 10. The molecule has 0 aliphatic heterocycles. The number of nitrogens with zero attached hydrogens (tertiary/aromatic N) is 4.